The van der Waals surface area contributed by atoms with E-state index in [0.29, 0.717) is 5.92 Å². The Kier molecular flexibility index (Phi) is 4.22. The van der Waals surface area contributed by atoms with Crippen LogP contribution in [0.25, 0.3) is 42.6 Å². The lowest BCUT2D eigenvalue weighted by Gasteiger charge is -2.08. The second-order valence-electron chi connectivity index (χ2n) is 7.49. The van der Waals surface area contributed by atoms with Gasteiger partial charge in [0.1, 0.15) is 0 Å². The molecule has 0 spiro atoms. The lowest BCUT2D eigenvalue weighted by atomic mass is 9.97. The van der Waals surface area contributed by atoms with E-state index in [1.165, 1.54) is 42.4 Å². The van der Waals surface area contributed by atoms with Gasteiger partial charge in [0.2, 0.25) is 0 Å². The fraction of sp³-hybridized carbons (Fsp3) is 0.115. The predicted molar refractivity (Wildman–Crippen MR) is 122 cm³/mol. The third-order valence-electron chi connectivity index (χ3n) is 5.33. The van der Waals surface area contributed by atoms with Crippen molar-refractivity contribution >= 4 is 31.5 Å². The monoisotopic (exact) mass is 379 g/mol. The number of hydrogen-bond acceptors (Lipinski definition) is 2. The SMILES string of the molecule is CC(C)c1ccnc(-c2ccc3sc4cccc(-c5ccccc5)c4c3c2)c1. The van der Waals surface area contributed by atoms with Gasteiger partial charge in [0.15, 0.2) is 0 Å². The van der Waals surface area contributed by atoms with E-state index in [4.69, 9.17) is 0 Å². The van der Waals surface area contributed by atoms with Gasteiger partial charge in [-0.15, -0.1) is 11.3 Å². The van der Waals surface area contributed by atoms with E-state index in [0.717, 1.165) is 5.69 Å². The van der Waals surface area contributed by atoms with Crippen molar-refractivity contribution in [3.63, 3.8) is 0 Å². The number of rotatable bonds is 3. The molecule has 2 aromatic heterocycles. The smallest absolute Gasteiger partial charge is 0.0705 e. The molecule has 0 fully saturated rings. The minimum atomic E-state index is 0.497. The van der Waals surface area contributed by atoms with E-state index < -0.39 is 0 Å². The summed E-state index contributed by atoms with van der Waals surface area (Å²) in [6.45, 7) is 4.45. The van der Waals surface area contributed by atoms with Crippen LogP contribution in [-0.2, 0) is 0 Å². The highest BCUT2D eigenvalue weighted by Crippen LogP contribution is 2.41. The fourth-order valence-corrected chi connectivity index (χ4v) is 4.92. The van der Waals surface area contributed by atoms with Crippen molar-refractivity contribution in [1.82, 2.24) is 4.98 Å². The van der Waals surface area contributed by atoms with Crippen molar-refractivity contribution in [3.05, 3.63) is 90.6 Å². The molecule has 0 radical (unpaired) electrons. The molecular formula is C26H21NS. The normalized spacial score (nSPS) is 11.5. The molecule has 0 aliphatic rings. The van der Waals surface area contributed by atoms with Crippen LogP contribution in [0.15, 0.2) is 85.1 Å². The first-order valence-electron chi connectivity index (χ1n) is 9.68. The topological polar surface area (TPSA) is 12.9 Å². The zero-order valence-electron chi connectivity index (χ0n) is 16.0. The molecule has 0 saturated heterocycles. The molecule has 136 valence electrons. The quantitative estimate of drug-likeness (QED) is 0.310. The van der Waals surface area contributed by atoms with Crippen molar-refractivity contribution in [2.45, 2.75) is 19.8 Å². The summed E-state index contributed by atoms with van der Waals surface area (Å²) in [6.07, 6.45) is 1.93. The molecule has 3 aromatic carbocycles. The van der Waals surface area contributed by atoms with Gasteiger partial charge in [-0.2, -0.15) is 0 Å². The second-order valence-corrected chi connectivity index (χ2v) is 8.57. The molecule has 0 amide bonds. The molecule has 0 atom stereocenters. The van der Waals surface area contributed by atoms with E-state index in [-0.39, 0.29) is 0 Å². The van der Waals surface area contributed by atoms with Crippen molar-refractivity contribution in [2.24, 2.45) is 0 Å². The molecule has 2 heterocycles. The van der Waals surface area contributed by atoms with Gasteiger partial charge in [-0.3, -0.25) is 4.98 Å². The highest BCUT2D eigenvalue weighted by molar-refractivity contribution is 7.25. The maximum absolute atomic E-state index is 4.65. The lowest BCUT2D eigenvalue weighted by Crippen LogP contribution is -1.90. The van der Waals surface area contributed by atoms with Crippen LogP contribution >= 0.6 is 11.3 Å². The molecule has 0 unspecified atom stereocenters. The predicted octanol–water partition coefficient (Wildman–Crippen LogP) is 7.91. The largest absolute Gasteiger partial charge is 0.256 e. The van der Waals surface area contributed by atoms with Crippen molar-refractivity contribution in [2.75, 3.05) is 0 Å². The molecule has 28 heavy (non-hydrogen) atoms. The highest BCUT2D eigenvalue weighted by atomic mass is 32.1. The lowest BCUT2D eigenvalue weighted by molar-refractivity contribution is 0.864. The third kappa shape index (κ3) is 2.90. The molecule has 0 aliphatic carbocycles. The zero-order valence-corrected chi connectivity index (χ0v) is 16.8. The first kappa shape index (κ1) is 17.2. The van der Waals surface area contributed by atoms with Crippen LogP contribution in [0.1, 0.15) is 25.3 Å². The zero-order chi connectivity index (χ0) is 19.1. The van der Waals surface area contributed by atoms with E-state index >= 15 is 0 Å². The number of benzene rings is 3. The summed E-state index contributed by atoms with van der Waals surface area (Å²) in [4.78, 5) is 4.65. The maximum atomic E-state index is 4.65. The minimum Gasteiger partial charge on any atom is -0.256 e. The van der Waals surface area contributed by atoms with E-state index in [9.17, 15) is 0 Å². The number of aromatic nitrogens is 1. The molecule has 5 aromatic rings. The number of thiophene rings is 1. The van der Waals surface area contributed by atoms with Gasteiger partial charge in [0, 0.05) is 31.9 Å². The van der Waals surface area contributed by atoms with Gasteiger partial charge in [-0.05, 0) is 52.9 Å². The van der Waals surface area contributed by atoms with Crippen LogP contribution in [0.4, 0.5) is 0 Å². The third-order valence-corrected chi connectivity index (χ3v) is 6.46. The van der Waals surface area contributed by atoms with Crippen LogP contribution in [-0.4, -0.2) is 4.98 Å². The molecule has 0 bridgehead atoms. The number of nitrogens with zero attached hydrogens (tertiary/aromatic N) is 1. The molecule has 1 nitrogen and oxygen atoms in total. The van der Waals surface area contributed by atoms with Gasteiger partial charge < -0.3 is 0 Å². The Balaban J connectivity index is 1.75. The van der Waals surface area contributed by atoms with Gasteiger partial charge >= 0.3 is 0 Å². The van der Waals surface area contributed by atoms with Gasteiger partial charge in [0.05, 0.1) is 5.69 Å². The summed E-state index contributed by atoms with van der Waals surface area (Å²) in [5.41, 5.74) is 6.11. The Bertz CT molecular complexity index is 1280. The minimum absolute atomic E-state index is 0.497. The molecule has 2 heteroatoms. The van der Waals surface area contributed by atoms with Crippen LogP contribution < -0.4 is 0 Å². The Hall–Kier alpha value is -2.97. The Morgan fingerprint density at radius 3 is 2.43 bits per heavy atom. The highest BCUT2D eigenvalue weighted by Gasteiger charge is 2.12. The van der Waals surface area contributed by atoms with Crippen LogP contribution in [0.5, 0.6) is 0 Å². The van der Waals surface area contributed by atoms with E-state index in [1.54, 1.807) is 0 Å². The summed E-state index contributed by atoms with van der Waals surface area (Å²) < 4.78 is 2.65. The van der Waals surface area contributed by atoms with Crippen LogP contribution in [0.3, 0.4) is 0 Å². The Morgan fingerprint density at radius 1 is 0.750 bits per heavy atom. The molecule has 0 aliphatic heterocycles. The standard InChI is InChI=1S/C26H21NS/c1-17(2)19-13-14-27-23(16-19)20-11-12-24-22(15-20)26-21(9-6-10-25(26)28-24)18-7-4-3-5-8-18/h3-17H,1-2H3. The molecule has 5 rings (SSSR count). The summed E-state index contributed by atoms with van der Waals surface area (Å²) in [5, 5.41) is 2.66. The fourth-order valence-electron chi connectivity index (χ4n) is 3.81. The molecule has 0 saturated carbocycles. The second kappa shape index (κ2) is 6.88. The van der Waals surface area contributed by atoms with Gasteiger partial charge in [0.25, 0.3) is 0 Å². The van der Waals surface area contributed by atoms with Crippen LogP contribution in [0, 0.1) is 0 Å². The molecule has 0 N–H and O–H groups in total. The van der Waals surface area contributed by atoms with Gasteiger partial charge in [-0.1, -0.05) is 62.4 Å². The maximum Gasteiger partial charge on any atom is 0.0705 e. The van der Waals surface area contributed by atoms with Crippen molar-refractivity contribution in [1.29, 1.82) is 0 Å². The van der Waals surface area contributed by atoms with Gasteiger partial charge in [-0.25, -0.2) is 0 Å². The number of hydrogen-bond donors (Lipinski definition) is 0. The van der Waals surface area contributed by atoms with Crippen molar-refractivity contribution < 1.29 is 0 Å². The number of pyridine rings is 1. The summed E-state index contributed by atoms with van der Waals surface area (Å²) >= 11 is 1.86. The summed E-state index contributed by atoms with van der Waals surface area (Å²) in [5.74, 6) is 0.497. The van der Waals surface area contributed by atoms with Crippen LogP contribution in [0.2, 0.25) is 0 Å². The summed E-state index contributed by atoms with van der Waals surface area (Å²) in [6, 6.07) is 28.4. The average Bonchev–Trinajstić information content (AvgIpc) is 3.12. The Labute approximate surface area is 169 Å². The average molecular weight is 380 g/mol. The number of fused-ring (bicyclic) bond motifs is 3. The van der Waals surface area contributed by atoms with E-state index in [1.807, 2.05) is 17.5 Å². The van der Waals surface area contributed by atoms with E-state index in [2.05, 4.69) is 97.7 Å². The summed E-state index contributed by atoms with van der Waals surface area (Å²) in [7, 11) is 0. The van der Waals surface area contributed by atoms with Crippen molar-refractivity contribution in [3.8, 4) is 22.4 Å². The first-order chi connectivity index (χ1) is 13.7. The molecular weight excluding hydrogens is 358 g/mol. The first-order valence-corrected chi connectivity index (χ1v) is 10.5. The Morgan fingerprint density at radius 2 is 1.61 bits per heavy atom.